The molecule has 0 spiro atoms. The maximum absolute atomic E-state index is 3.54. The van der Waals surface area contributed by atoms with Gasteiger partial charge < -0.3 is 5.32 Å². The minimum absolute atomic E-state index is 0.553. The minimum Gasteiger partial charge on any atom is -0.316 e. The number of thiophene rings is 1. The minimum atomic E-state index is 0.553. The Morgan fingerprint density at radius 1 is 1.33 bits per heavy atom. The summed E-state index contributed by atoms with van der Waals surface area (Å²) in [7, 11) is 0. The van der Waals surface area contributed by atoms with E-state index in [0.29, 0.717) is 5.41 Å². The zero-order valence-corrected chi connectivity index (χ0v) is 9.98. The molecule has 2 aliphatic rings. The first-order valence-electron chi connectivity index (χ1n) is 6.16. The van der Waals surface area contributed by atoms with Crippen LogP contribution in [-0.2, 0) is 5.41 Å². The van der Waals surface area contributed by atoms with E-state index >= 15 is 0 Å². The van der Waals surface area contributed by atoms with Crippen molar-refractivity contribution >= 4 is 11.3 Å². The molecule has 1 unspecified atom stereocenters. The molecule has 1 nitrogen and oxygen atoms in total. The molecule has 1 aromatic rings. The van der Waals surface area contributed by atoms with Gasteiger partial charge in [0, 0.05) is 10.3 Å². The summed E-state index contributed by atoms with van der Waals surface area (Å²) in [5.41, 5.74) is 0.553. The molecule has 1 aromatic heterocycles. The van der Waals surface area contributed by atoms with Gasteiger partial charge >= 0.3 is 0 Å². The third-order valence-corrected chi connectivity index (χ3v) is 5.44. The third-order valence-electron chi connectivity index (χ3n) is 4.35. The lowest BCUT2D eigenvalue weighted by molar-refractivity contribution is 0.297. The summed E-state index contributed by atoms with van der Waals surface area (Å²) in [5.74, 6) is 0.902. The highest BCUT2D eigenvalue weighted by atomic mass is 32.1. The van der Waals surface area contributed by atoms with Gasteiger partial charge in [0.25, 0.3) is 0 Å². The summed E-state index contributed by atoms with van der Waals surface area (Å²) < 4.78 is 0. The Labute approximate surface area is 95.9 Å². The van der Waals surface area contributed by atoms with E-state index in [1.807, 2.05) is 11.3 Å². The van der Waals surface area contributed by atoms with E-state index in [9.17, 15) is 0 Å². The molecule has 0 radical (unpaired) electrons. The van der Waals surface area contributed by atoms with Gasteiger partial charge in [-0.3, -0.25) is 0 Å². The molecule has 82 valence electrons. The van der Waals surface area contributed by atoms with Crippen molar-refractivity contribution < 1.29 is 0 Å². The molecule has 0 bridgehead atoms. The van der Waals surface area contributed by atoms with E-state index in [1.165, 1.54) is 45.2 Å². The Hall–Kier alpha value is -0.340. The van der Waals surface area contributed by atoms with Crippen LogP contribution in [0.3, 0.4) is 0 Å². The Kier molecular flexibility index (Phi) is 2.57. The molecule has 1 aliphatic heterocycles. The molecule has 2 heterocycles. The number of nitrogens with one attached hydrogen (secondary N) is 1. The average Bonchev–Trinajstić information content (AvgIpc) is 3.02. The van der Waals surface area contributed by atoms with Crippen LogP contribution in [0.1, 0.15) is 37.0 Å². The van der Waals surface area contributed by atoms with Crippen LogP contribution in [0.2, 0.25) is 0 Å². The lowest BCUT2D eigenvalue weighted by Crippen LogP contribution is -2.33. The van der Waals surface area contributed by atoms with Crippen molar-refractivity contribution in [2.45, 2.75) is 37.5 Å². The molecule has 1 atom stereocenters. The fraction of sp³-hybridized carbons (Fsp3) is 0.692. The van der Waals surface area contributed by atoms with Gasteiger partial charge in [0.2, 0.25) is 0 Å². The van der Waals surface area contributed by atoms with Gasteiger partial charge in [-0.25, -0.2) is 0 Å². The van der Waals surface area contributed by atoms with Gasteiger partial charge in [0.1, 0.15) is 0 Å². The molecular weight excluding hydrogens is 202 g/mol. The average molecular weight is 221 g/mol. The van der Waals surface area contributed by atoms with Crippen molar-refractivity contribution in [3.05, 3.63) is 22.4 Å². The molecule has 15 heavy (non-hydrogen) atoms. The third kappa shape index (κ3) is 1.55. The van der Waals surface area contributed by atoms with Gasteiger partial charge in [-0.2, -0.15) is 0 Å². The van der Waals surface area contributed by atoms with Gasteiger partial charge in [-0.15, -0.1) is 11.3 Å². The van der Waals surface area contributed by atoms with Crippen LogP contribution in [0.4, 0.5) is 0 Å². The number of rotatable bonds is 2. The van der Waals surface area contributed by atoms with Crippen LogP contribution in [0.15, 0.2) is 17.5 Å². The summed E-state index contributed by atoms with van der Waals surface area (Å²) >= 11 is 1.98. The van der Waals surface area contributed by atoms with Crippen LogP contribution < -0.4 is 5.32 Å². The Balaban J connectivity index is 1.94. The zero-order valence-electron chi connectivity index (χ0n) is 9.17. The van der Waals surface area contributed by atoms with Crippen molar-refractivity contribution in [3.8, 4) is 0 Å². The van der Waals surface area contributed by atoms with Crippen LogP contribution in [-0.4, -0.2) is 13.1 Å². The zero-order chi connectivity index (χ0) is 10.1. The summed E-state index contributed by atoms with van der Waals surface area (Å²) in [4.78, 5) is 1.66. The van der Waals surface area contributed by atoms with Crippen molar-refractivity contribution in [3.63, 3.8) is 0 Å². The summed E-state index contributed by atoms with van der Waals surface area (Å²) in [5, 5.41) is 5.79. The van der Waals surface area contributed by atoms with E-state index in [2.05, 4.69) is 22.8 Å². The first kappa shape index (κ1) is 9.86. The van der Waals surface area contributed by atoms with Crippen molar-refractivity contribution in [2.75, 3.05) is 13.1 Å². The molecule has 1 aliphatic carbocycles. The standard InChI is InChI=1S/C13H19NS/c1-2-7-13(6-1,11-5-8-14-10-11)12-4-3-9-15-12/h3-4,9,11,14H,1-2,5-8,10H2. The van der Waals surface area contributed by atoms with Gasteiger partial charge in [0.05, 0.1) is 0 Å². The normalized spacial score (nSPS) is 29.7. The van der Waals surface area contributed by atoms with Gasteiger partial charge in [-0.05, 0) is 49.7 Å². The highest BCUT2D eigenvalue weighted by Crippen LogP contribution is 2.49. The number of hydrogen-bond donors (Lipinski definition) is 1. The van der Waals surface area contributed by atoms with E-state index in [-0.39, 0.29) is 0 Å². The first-order valence-corrected chi connectivity index (χ1v) is 7.04. The molecule has 0 amide bonds. The van der Waals surface area contributed by atoms with E-state index in [4.69, 9.17) is 0 Å². The first-order chi connectivity index (χ1) is 7.42. The molecule has 1 saturated carbocycles. The molecule has 3 rings (SSSR count). The highest BCUT2D eigenvalue weighted by molar-refractivity contribution is 7.10. The predicted octanol–water partition coefficient (Wildman–Crippen LogP) is 3.17. The molecule has 0 aromatic carbocycles. The van der Waals surface area contributed by atoms with Crippen LogP contribution >= 0.6 is 11.3 Å². The van der Waals surface area contributed by atoms with Crippen LogP contribution in [0.5, 0.6) is 0 Å². The second kappa shape index (κ2) is 3.91. The van der Waals surface area contributed by atoms with Gasteiger partial charge in [-0.1, -0.05) is 18.9 Å². The van der Waals surface area contributed by atoms with Crippen molar-refractivity contribution in [2.24, 2.45) is 5.92 Å². The smallest absolute Gasteiger partial charge is 0.0110 e. The largest absolute Gasteiger partial charge is 0.316 e. The maximum atomic E-state index is 3.54. The lowest BCUT2D eigenvalue weighted by Gasteiger charge is -2.34. The van der Waals surface area contributed by atoms with E-state index in [1.54, 1.807) is 4.88 Å². The Bertz CT molecular complexity index is 305. The highest BCUT2D eigenvalue weighted by Gasteiger charge is 2.44. The van der Waals surface area contributed by atoms with Crippen LogP contribution in [0.25, 0.3) is 0 Å². The molecular formula is C13H19NS. The van der Waals surface area contributed by atoms with Crippen LogP contribution in [0, 0.1) is 5.92 Å². The predicted molar refractivity (Wildman–Crippen MR) is 65.4 cm³/mol. The van der Waals surface area contributed by atoms with E-state index < -0.39 is 0 Å². The Morgan fingerprint density at radius 2 is 2.20 bits per heavy atom. The van der Waals surface area contributed by atoms with Gasteiger partial charge in [0.15, 0.2) is 0 Å². The second-order valence-electron chi connectivity index (χ2n) is 5.03. The SMILES string of the molecule is c1csc(C2(C3CCNC3)CCCC2)c1. The quantitative estimate of drug-likeness (QED) is 0.809. The monoisotopic (exact) mass is 221 g/mol. The molecule has 1 N–H and O–H groups in total. The summed E-state index contributed by atoms with van der Waals surface area (Å²) in [6, 6.07) is 4.59. The summed E-state index contributed by atoms with van der Waals surface area (Å²) in [6.07, 6.45) is 7.13. The lowest BCUT2D eigenvalue weighted by atomic mass is 9.72. The fourth-order valence-corrected chi connectivity index (χ4v) is 4.62. The maximum Gasteiger partial charge on any atom is 0.0110 e. The molecule has 2 heteroatoms. The van der Waals surface area contributed by atoms with Crippen molar-refractivity contribution in [1.82, 2.24) is 5.32 Å². The topological polar surface area (TPSA) is 12.0 Å². The Morgan fingerprint density at radius 3 is 2.80 bits per heavy atom. The van der Waals surface area contributed by atoms with E-state index in [0.717, 1.165) is 5.92 Å². The fourth-order valence-electron chi connectivity index (χ4n) is 3.55. The molecule has 2 fully saturated rings. The molecule has 1 saturated heterocycles. The van der Waals surface area contributed by atoms with Crippen molar-refractivity contribution in [1.29, 1.82) is 0 Å². The number of hydrogen-bond acceptors (Lipinski definition) is 2. The summed E-state index contributed by atoms with van der Waals surface area (Å²) in [6.45, 7) is 2.48. The second-order valence-corrected chi connectivity index (χ2v) is 5.98.